The predicted molar refractivity (Wildman–Crippen MR) is 152 cm³/mol. The molecule has 6 heteroatoms. The van der Waals surface area contributed by atoms with E-state index in [0.717, 1.165) is 38.5 Å². The number of carbonyl (C=O) groups is 4. The van der Waals surface area contributed by atoms with E-state index in [2.05, 4.69) is 33.4 Å². The first-order valence-corrected chi connectivity index (χ1v) is 15.4. The van der Waals surface area contributed by atoms with Crippen LogP contribution in [0.25, 0.3) is 0 Å². The zero-order valence-corrected chi connectivity index (χ0v) is 25.7. The lowest BCUT2D eigenvalue weighted by Crippen LogP contribution is -2.56. The molecule has 0 saturated heterocycles. The fraction of sp³-hybridized carbons (Fsp3) is 0.765. The summed E-state index contributed by atoms with van der Waals surface area (Å²) in [7, 11) is 0. The largest absolute Gasteiger partial charge is 0.462 e. The third-order valence-electron chi connectivity index (χ3n) is 13.0. The van der Waals surface area contributed by atoms with Gasteiger partial charge in [-0.3, -0.25) is 19.2 Å². The van der Waals surface area contributed by atoms with E-state index in [1.165, 1.54) is 13.8 Å². The number of hydrogen-bond acceptors (Lipinski definition) is 6. The van der Waals surface area contributed by atoms with Crippen LogP contribution in [-0.4, -0.2) is 35.7 Å². The molecule has 5 rings (SSSR count). The van der Waals surface area contributed by atoms with Gasteiger partial charge < -0.3 is 9.47 Å². The molecule has 0 aliphatic heterocycles. The van der Waals surface area contributed by atoms with E-state index in [1.54, 1.807) is 0 Å². The van der Waals surface area contributed by atoms with Gasteiger partial charge in [0.15, 0.2) is 17.7 Å². The number of Topliss-reactive ketones (excluding diaryl/α,β-unsaturated/α-hetero) is 1. The molecule has 2 spiro atoms. The van der Waals surface area contributed by atoms with Crippen LogP contribution in [0, 0.1) is 57.2 Å². The Morgan fingerprint density at radius 2 is 1.70 bits per heavy atom. The van der Waals surface area contributed by atoms with Crippen molar-refractivity contribution in [3.05, 3.63) is 24.3 Å². The molecule has 0 aromatic carbocycles. The normalized spacial score (nSPS) is 44.4. The van der Waals surface area contributed by atoms with Crippen molar-refractivity contribution in [2.75, 3.05) is 0 Å². The maximum absolute atomic E-state index is 13.7. The molecule has 0 heterocycles. The van der Waals surface area contributed by atoms with Crippen molar-refractivity contribution < 1.29 is 28.7 Å². The van der Waals surface area contributed by atoms with Gasteiger partial charge in [0.1, 0.15) is 6.10 Å². The first-order chi connectivity index (χ1) is 18.6. The zero-order chi connectivity index (χ0) is 29.6. The van der Waals surface area contributed by atoms with Crippen LogP contribution in [0.5, 0.6) is 0 Å². The van der Waals surface area contributed by atoms with Crippen molar-refractivity contribution >= 4 is 23.5 Å². The van der Waals surface area contributed by atoms with Gasteiger partial charge in [0.2, 0.25) is 0 Å². The van der Waals surface area contributed by atoms with Gasteiger partial charge in [0.05, 0.1) is 0 Å². The SMILES string of the molecule is C=C(C(=O)[C@H](OC(C)=O)[C@@H](C)[C@H]1[C@@H](OC(C)=O)C[C@@]2(C)[C@@H]3CC[C@H]4[C@H](C)C(=O)C=C[C@]45C[C@]35CC[C@]12C)C(C)C. The lowest BCUT2D eigenvalue weighted by Gasteiger charge is -2.61. The molecule has 0 radical (unpaired) electrons. The summed E-state index contributed by atoms with van der Waals surface area (Å²) in [6.45, 7) is 19.5. The highest BCUT2D eigenvalue weighted by Gasteiger charge is 2.81. The van der Waals surface area contributed by atoms with Gasteiger partial charge in [-0.15, -0.1) is 0 Å². The minimum absolute atomic E-state index is 0.0694. The molecule has 0 N–H and O–H groups in total. The van der Waals surface area contributed by atoms with E-state index in [-0.39, 0.29) is 69.0 Å². The molecule has 5 aliphatic rings. The van der Waals surface area contributed by atoms with Crippen LogP contribution in [0.2, 0.25) is 0 Å². The van der Waals surface area contributed by atoms with Crippen LogP contribution in [-0.2, 0) is 28.7 Å². The number of ketones is 2. The maximum Gasteiger partial charge on any atom is 0.303 e. The lowest BCUT2D eigenvalue weighted by molar-refractivity contribution is -0.166. The maximum atomic E-state index is 13.7. The second kappa shape index (κ2) is 9.39. The molecular weight excluding hydrogens is 504 g/mol. The number of rotatable bonds is 7. The van der Waals surface area contributed by atoms with Crippen LogP contribution < -0.4 is 0 Å². The summed E-state index contributed by atoms with van der Waals surface area (Å²) in [6.07, 6.45) is 8.76. The summed E-state index contributed by atoms with van der Waals surface area (Å²) in [4.78, 5) is 51.0. The molecule has 5 aliphatic carbocycles. The van der Waals surface area contributed by atoms with Crippen LogP contribution in [0.4, 0.5) is 0 Å². The molecule has 4 saturated carbocycles. The van der Waals surface area contributed by atoms with Crippen LogP contribution in [0.15, 0.2) is 24.3 Å². The molecule has 0 aromatic rings. The Kier molecular flexibility index (Phi) is 6.87. The quantitative estimate of drug-likeness (QED) is 0.273. The number of fused-ring (bicyclic) bond motifs is 2. The lowest BCUT2D eigenvalue weighted by atomic mass is 9.43. The predicted octanol–water partition coefficient (Wildman–Crippen LogP) is 6.27. The molecule has 0 amide bonds. The zero-order valence-electron chi connectivity index (χ0n) is 25.7. The standard InChI is InChI=1S/C34H48O6/c1-18(2)19(3)29(38)30(40-23(7)36)21(5)28-26(39-22(6)35)16-32(9)27-11-10-24-20(4)25(37)12-13-33(24)17-34(27,33)15-14-31(28,32)8/h12-13,18,20-21,24,26-28,30H,3,10-11,14-17H2,1-2,4-9H3/t20-,21-,24-,26-,27-,28-,30+,31+,32-,33-,34+/m0/s1. The Balaban J connectivity index is 1.55. The van der Waals surface area contributed by atoms with Gasteiger partial charge in [0, 0.05) is 31.6 Å². The van der Waals surface area contributed by atoms with Gasteiger partial charge in [-0.1, -0.05) is 54.2 Å². The van der Waals surface area contributed by atoms with Crippen molar-refractivity contribution in [2.45, 2.75) is 106 Å². The van der Waals surface area contributed by atoms with E-state index < -0.39 is 12.1 Å². The van der Waals surface area contributed by atoms with E-state index >= 15 is 0 Å². The van der Waals surface area contributed by atoms with Crippen molar-refractivity contribution in [3.8, 4) is 0 Å². The molecule has 0 aromatic heterocycles. The summed E-state index contributed by atoms with van der Waals surface area (Å²) < 4.78 is 11.9. The summed E-state index contributed by atoms with van der Waals surface area (Å²) in [5, 5.41) is 0. The Hall–Kier alpha value is -2.24. The summed E-state index contributed by atoms with van der Waals surface area (Å²) in [6, 6.07) is 0. The summed E-state index contributed by atoms with van der Waals surface area (Å²) in [5.74, 6) is -0.458. The highest BCUT2D eigenvalue weighted by molar-refractivity contribution is 5.99. The Bertz CT molecular complexity index is 1180. The first-order valence-electron chi connectivity index (χ1n) is 15.4. The van der Waals surface area contributed by atoms with Crippen molar-refractivity contribution in [3.63, 3.8) is 0 Å². The van der Waals surface area contributed by atoms with Gasteiger partial charge in [0.25, 0.3) is 0 Å². The van der Waals surface area contributed by atoms with Crippen LogP contribution in [0.3, 0.4) is 0 Å². The summed E-state index contributed by atoms with van der Waals surface area (Å²) in [5.41, 5.74) is 0.361. The number of allylic oxidation sites excluding steroid dienone is 2. The minimum atomic E-state index is -0.971. The number of hydrogen-bond donors (Lipinski definition) is 0. The van der Waals surface area contributed by atoms with Crippen molar-refractivity contribution in [2.24, 2.45) is 57.2 Å². The third kappa shape index (κ3) is 3.79. The Labute approximate surface area is 239 Å². The molecule has 4 fully saturated rings. The summed E-state index contributed by atoms with van der Waals surface area (Å²) >= 11 is 0. The van der Waals surface area contributed by atoms with Gasteiger partial charge in [-0.05, 0) is 89.6 Å². The van der Waals surface area contributed by atoms with Crippen LogP contribution >= 0.6 is 0 Å². The van der Waals surface area contributed by atoms with Crippen molar-refractivity contribution in [1.29, 1.82) is 0 Å². The smallest absolute Gasteiger partial charge is 0.303 e. The number of ether oxygens (including phenoxy) is 2. The second-order valence-corrected chi connectivity index (χ2v) is 14.8. The molecule has 40 heavy (non-hydrogen) atoms. The third-order valence-corrected chi connectivity index (χ3v) is 13.0. The molecule has 6 nitrogen and oxygen atoms in total. The molecule has 0 bridgehead atoms. The Morgan fingerprint density at radius 3 is 2.30 bits per heavy atom. The highest BCUT2D eigenvalue weighted by atomic mass is 16.6. The first kappa shape index (κ1) is 29.3. The number of esters is 2. The van der Waals surface area contributed by atoms with E-state index in [1.807, 2.05) is 26.8 Å². The molecular formula is C34H48O6. The highest BCUT2D eigenvalue weighted by Crippen LogP contribution is 2.87. The average Bonchev–Trinajstić information content (AvgIpc) is 3.47. The molecule has 220 valence electrons. The van der Waals surface area contributed by atoms with Crippen LogP contribution in [0.1, 0.15) is 93.9 Å². The fourth-order valence-electron chi connectivity index (χ4n) is 10.9. The van der Waals surface area contributed by atoms with Gasteiger partial charge in [-0.25, -0.2) is 0 Å². The monoisotopic (exact) mass is 552 g/mol. The van der Waals surface area contributed by atoms with Gasteiger partial charge in [-0.2, -0.15) is 0 Å². The minimum Gasteiger partial charge on any atom is -0.462 e. The number of carbonyl (C=O) groups excluding carboxylic acids is 4. The topological polar surface area (TPSA) is 86.7 Å². The van der Waals surface area contributed by atoms with Crippen molar-refractivity contribution in [1.82, 2.24) is 0 Å². The fourth-order valence-corrected chi connectivity index (χ4v) is 10.9. The van der Waals surface area contributed by atoms with Gasteiger partial charge >= 0.3 is 11.9 Å². The van der Waals surface area contributed by atoms with E-state index in [9.17, 15) is 19.2 Å². The second-order valence-electron chi connectivity index (χ2n) is 14.8. The van der Waals surface area contributed by atoms with E-state index in [0.29, 0.717) is 17.4 Å². The molecule has 0 unspecified atom stereocenters. The Morgan fingerprint density at radius 1 is 1.02 bits per heavy atom. The van der Waals surface area contributed by atoms with E-state index in [4.69, 9.17) is 9.47 Å². The molecule has 11 atom stereocenters. The average molecular weight is 553 g/mol.